The molecule has 0 aliphatic carbocycles. The van der Waals surface area contributed by atoms with E-state index in [0.717, 1.165) is 28.6 Å². The zero-order valence-electron chi connectivity index (χ0n) is 9.42. The van der Waals surface area contributed by atoms with Crippen molar-refractivity contribution in [2.24, 2.45) is 0 Å². The number of hydrogen-bond acceptors (Lipinski definition) is 1. The second-order valence-electron chi connectivity index (χ2n) is 4.24. The van der Waals surface area contributed by atoms with E-state index >= 15 is 0 Å². The van der Waals surface area contributed by atoms with Crippen molar-refractivity contribution in [1.29, 1.82) is 0 Å². The number of benzene rings is 1. The number of unbranched alkanes of at least 4 members (excludes halogenated alkanes) is 2. The van der Waals surface area contributed by atoms with Crippen LogP contribution in [-0.4, -0.2) is 5.91 Å². The van der Waals surface area contributed by atoms with Gasteiger partial charge in [0.15, 0.2) is 0 Å². The Kier molecular flexibility index (Phi) is 3.64. The Morgan fingerprint density at radius 1 is 1.38 bits per heavy atom. The molecule has 0 radical (unpaired) electrons. The normalized spacial score (nSPS) is 18.4. The first-order valence-electron chi connectivity index (χ1n) is 5.83. The fourth-order valence-corrected chi connectivity index (χ4v) is 2.68. The zero-order valence-corrected chi connectivity index (χ0v) is 11.0. The van der Waals surface area contributed by atoms with Gasteiger partial charge in [-0.25, -0.2) is 0 Å². The fraction of sp³-hybridized carbons (Fsp3) is 0.462. The van der Waals surface area contributed by atoms with Crippen molar-refractivity contribution in [3.05, 3.63) is 28.2 Å². The number of rotatable bonds is 4. The van der Waals surface area contributed by atoms with E-state index in [1.165, 1.54) is 12.8 Å². The monoisotopic (exact) mass is 281 g/mol. The van der Waals surface area contributed by atoms with E-state index in [1.807, 2.05) is 12.1 Å². The summed E-state index contributed by atoms with van der Waals surface area (Å²) in [5.41, 5.74) is 2.12. The molecule has 16 heavy (non-hydrogen) atoms. The molecule has 2 nitrogen and oxygen atoms in total. The maximum atomic E-state index is 11.8. The van der Waals surface area contributed by atoms with E-state index in [2.05, 4.69) is 34.2 Å². The second kappa shape index (κ2) is 5.00. The summed E-state index contributed by atoms with van der Waals surface area (Å²) in [6.07, 6.45) is 4.48. The second-order valence-corrected chi connectivity index (χ2v) is 5.10. The molecule has 1 unspecified atom stereocenters. The van der Waals surface area contributed by atoms with Crippen LogP contribution in [0.5, 0.6) is 0 Å². The molecule has 0 fully saturated rings. The molecule has 86 valence electrons. The van der Waals surface area contributed by atoms with Gasteiger partial charge in [-0.3, -0.25) is 4.79 Å². The molecule has 1 aromatic rings. The van der Waals surface area contributed by atoms with E-state index in [-0.39, 0.29) is 11.8 Å². The molecule has 0 bridgehead atoms. The van der Waals surface area contributed by atoms with Gasteiger partial charge in [0.25, 0.3) is 0 Å². The molecule has 1 heterocycles. The third-order valence-electron chi connectivity index (χ3n) is 3.08. The maximum absolute atomic E-state index is 11.8. The summed E-state index contributed by atoms with van der Waals surface area (Å²) in [6, 6.07) is 6.01. The largest absolute Gasteiger partial charge is 0.324 e. The molecule has 1 aliphatic heterocycles. The molecule has 0 aromatic heterocycles. The summed E-state index contributed by atoms with van der Waals surface area (Å²) in [5.74, 6) is 0.206. The van der Waals surface area contributed by atoms with E-state index in [4.69, 9.17) is 0 Å². The molecule has 1 amide bonds. The maximum Gasteiger partial charge on any atom is 0.232 e. The van der Waals surface area contributed by atoms with Gasteiger partial charge in [0, 0.05) is 4.47 Å². The van der Waals surface area contributed by atoms with Crippen LogP contribution in [0.25, 0.3) is 0 Å². The van der Waals surface area contributed by atoms with Crippen molar-refractivity contribution < 1.29 is 4.79 Å². The molecule has 0 saturated carbocycles. The van der Waals surface area contributed by atoms with E-state index in [1.54, 1.807) is 0 Å². The quantitative estimate of drug-likeness (QED) is 0.829. The number of anilines is 1. The van der Waals surface area contributed by atoms with Gasteiger partial charge in [-0.1, -0.05) is 38.3 Å². The van der Waals surface area contributed by atoms with Gasteiger partial charge in [0.2, 0.25) is 5.91 Å². The highest BCUT2D eigenvalue weighted by Gasteiger charge is 2.30. The SMILES string of the molecule is CCCCCC1C(=O)Nc2c(Br)cccc21. The van der Waals surface area contributed by atoms with Crippen LogP contribution in [0.4, 0.5) is 5.69 Å². The van der Waals surface area contributed by atoms with Crippen molar-refractivity contribution in [1.82, 2.24) is 0 Å². The topological polar surface area (TPSA) is 29.1 Å². The highest BCUT2D eigenvalue weighted by molar-refractivity contribution is 9.10. The Labute approximate surface area is 105 Å². The third kappa shape index (κ3) is 2.14. The summed E-state index contributed by atoms with van der Waals surface area (Å²) in [7, 11) is 0. The number of nitrogens with one attached hydrogen (secondary N) is 1. The molecule has 1 atom stereocenters. The Bertz CT molecular complexity index is 403. The van der Waals surface area contributed by atoms with Gasteiger partial charge in [0.05, 0.1) is 11.6 Å². The van der Waals surface area contributed by atoms with Crippen LogP contribution >= 0.6 is 15.9 Å². The standard InChI is InChI=1S/C13H16BrNO/c1-2-3-4-6-10-9-7-5-8-11(14)12(9)15-13(10)16/h5,7-8,10H,2-4,6H2,1H3,(H,15,16). The molecule has 0 spiro atoms. The highest BCUT2D eigenvalue weighted by atomic mass is 79.9. The molecular weight excluding hydrogens is 266 g/mol. The van der Waals surface area contributed by atoms with Crippen molar-refractivity contribution in [2.75, 3.05) is 5.32 Å². The minimum atomic E-state index is 0.0547. The van der Waals surface area contributed by atoms with Crippen LogP contribution in [0.15, 0.2) is 22.7 Å². The summed E-state index contributed by atoms with van der Waals surface area (Å²) in [6.45, 7) is 2.18. The number of hydrogen-bond donors (Lipinski definition) is 1. The average molecular weight is 282 g/mol. The Hall–Kier alpha value is -0.830. The van der Waals surface area contributed by atoms with E-state index in [9.17, 15) is 4.79 Å². The van der Waals surface area contributed by atoms with Crippen molar-refractivity contribution in [3.63, 3.8) is 0 Å². The van der Waals surface area contributed by atoms with E-state index in [0.29, 0.717) is 0 Å². The lowest BCUT2D eigenvalue weighted by Crippen LogP contribution is -2.11. The van der Waals surface area contributed by atoms with Gasteiger partial charge < -0.3 is 5.32 Å². The third-order valence-corrected chi connectivity index (χ3v) is 3.74. The van der Waals surface area contributed by atoms with Crippen molar-refractivity contribution in [3.8, 4) is 0 Å². The smallest absolute Gasteiger partial charge is 0.232 e. The van der Waals surface area contributed by atoms with Crippen LogP contribution in [-0.2, 0) is 4.79 Å². The molecule has 0 saturated heterocycles. The molecule has 1 aliphatic rings. The lowest BCUT2D eigenvalue weighted by Gasteiger charge is -2.07. The van der Waals surface area contributed by atoms with Gasteiger partial charge in [0.1, 0.15) is 0 Å². The number of halogens is 1. The van der Waals surface area contributed by atoms with Gasteiger partial charge in [-0.05, 0) is 34.0 Å². The summed E-state index contributed by atoms with van der Waals surface area (Å²) in [5, 5.41) is 2.96. The minimum Gasteiger partial charge on any atom is -0.324 e. The Morgan fingerprint density at radius 3 is 2.94 bits per heavy atom. The first kappa shape index (κ1) is 11.6. The Balaban J connectivity index is 2.16. The zero-order chi connectivity index (χ0) is 11.5. The predicted molar refractivity (Wildman–Crippen MR) is 69.7 cm³/mol. The number of fused-ring (bicyclic) bond motifs is 1. The molecule has 1 N–H and O–H groups in total. The van der Waals surface area contributed by atoms with Crippen molar-refractivity contribution in [2.45, 2.75) is 38.5 Å². The van der Waals surface area contributed by atoms with Crippen LogP contribution < -0.4 is 5.32 Å². The number of carbonyl (C=O) groups excluding carboxylic acids is 1. The molecule has 3 heteroatoms. The van der Waals surface area contributed by atoms with Gasteiger partial charge in [-0.2, -0.15) is 0 Å². The Morgan fingerprint density at radius 2 is 2.19 bits per heavy atom. The first-order valence-corrected chi connectivity index (χ1v) is 6.62. The lowest BCUT2D eigenvalue weighted by molar-refractivity contribution is -0.117. The van der Waals surface area contributed by atoms with Gasteiger partial charge in [-0.15, -0.1) is 0 Å². The summed E-state index contributed by atoms with van der Waals surface area (Å²) < 4.78 is 0.983. The number of carbonyl (C=O) groups is 1. The number of amides is 1. The van der Waals surface area contributed by atoms with Crippen LogP contribution in [0.2, 0.25) is 0 Å². The van der Waals surface area contributed by atoms with Crippen LogP contribution in [0.1, 0.15) is 44.1 Å². The lowest BCUT2D eigenvalue weighted by atomic mass is 9.95. The highest BCUT2D eigenvalue weighted by Crippen LogP contribution is 2.39. The number of para-hydroxylation sites is 1. The molecular formula is C13H16BrNO. The fourth-order valence-electron chi connectivity index (χ4n) is 2.20. The van der Waals surface area contributed by atoms with Gasteiger partial charge >= 0.3 is 0 Å². The summed E-state index contributed by atoms with van der Waals surface area (Å²) in [4.78, 5) is 11.8. The summed E-state index contributed by atoms with van der Waals surface area (Å²) >= 11 is 3.47. The first-order chi connectivity index (χ1) is 7.74. The van der Waals surface area contributed by atoms with Crippen LogP contribution in [0, 0.1) is 0 Å². The van der Waals surface area contributed by atoms with Crippen molar-refractivity contribution >= 4 is 27.5 Å². The molecule has 1 aromatic carbocycles. The predicted octanol–water partition coefficient (Wildman–Crippen LogP) is 4.07. The van der Waals surface area contributed by atoms with E-state index < -0.39 is 0 Å². The van der Waals surface area contributed by atoms with Crippen LogP contribution in [0.3, 0.4) is 0 Å². The molecule has 2 rings (SSSR count). The average Bonchev–Trinajstić information content (AvgIpc) is 2.58. The minimum absolute atomic E-state index is 0.0547.